The van der Waals surface area contributed by atoms with Gasteiger partial charge in [-0.3, -0.25) is 0 Å². The van der Waals surface area contributed by atoms with Crippen molar-refractivity contribution in [3.63, 3.8) is 0 Å². The van der Waals surface area contributed by atoms with Gasteiger partial charge in [-0.25, -0.2) is 0 Å². The number of nitrogens with one attached hydrogen (secondary N) is 1. The number of hydrogen-bond donors (Lipinski definition) is 2. The minimum absolute atomic E-state index is 0. The van der Waals surface area contributed by atoms with Crippen molar-refractivity contribution in [2.45, 2.75) is 44.2 Å². The van der Waals surface area contributed by atoms with Gasteiger partial charge in [-0.2, -0.15) is 0 Å². The molecule has 1 aliphatic heterocycles. The highest BCUT2D eigenvalue weighted by molar-refractivity contribution is 5.85. The smallest absolute Gasteiger partial charge is 0.0595 e. The van der Waals surface area contributed by atoms with Gasteiger partial charge in [0.25, 0.3) is 0 Å². The van der Waals surface area contributed by atoms with Crippen LogP contribution in [0.4, 0.5) is 0 Å². The fourth-order valence-electron chi connectivity index (χ4n) is 2.50. The van der Waals surface area contributed by atoms with E-state index in [1.165, 1.54) is 25.7 Å². The van der Waals surface area contributed by atoms with Gasteiger partial charge in [0, 0.05) is 12.0 Å². The summed E-state index contributed by atoms with van der Waals surface area (Å²) in [7, 11) is 0. The molecule has 1 saturated heterocycles. The van der Waals surface area contributed by atoms with Gasteiger partial charge in [0.2, 0.25) is 0 Å². The van der Waals surface area contributed by atoms with Crippen LogP contribution in [0.15, 0.2) is 0 Å². The van der Waals surface area contributed by atoms with Crippen molar-refractivity contribution in [1.29, 1.82) is 0 Å². The first-order valence-electron chi connectivity index (χ1n) is 4.79. The lowest BCUT2D eigenvalue weighted by molar-refractivity contribution is 0.0317. The molecular weight excluding hydrogens is 174 g/mol. The molecule has 2 fully saturated rings. The van der Waals surface area contributed by atoms with Gasteiger partial charge >= 0.3 is 0 Å². The standard InChI is InChI=1S/C9H17NO.ClH/c11-9-5-6-10-8-4-2-1-3-7(8)9;/h7-11H,1-6H2;1H. The van der Waals surface area contributed by atoms with E-state index in [4.69, 9.17) is 0 Å². The van der Waals surface area contributed by atoms with Crippen LogP contribution < -0.4 is 5.32 Å². The number of rotatable bonds is 0. The maximum atomic E-state index is 9.66. The highest BCUT2D eigenvalue weighted by Gasteiger charge is 2.33. The quantitative estimate of drug-likeness (QED) is 0.606. The molecule has 0 aromatic rings. The zero-order valence-electron chi connectivity index (χ0n) is 7.33. The van der Waals surface area contributed by atoms with E-state index in [2.05, 4.69) is 5.32 Å². The third kappa shape index (κ3) is 1.93. The van der Waals surface area contributed by atoms with Crippen molar-refractivity contribution in [2.24, 2.45) is 5.92 Å². The Morgan fingerprint density at radius 3 is 2.58 bits per heavy atom. The van der Waals surface area contributed by atoms with Gasteiger partial charge in [0.05, 0.1) is 6.10 Å². The van der Waals surface area contributed by atoms with Crippen LogP contribution in [0.25, 0.3) is 0 Å². The summed E-state index contributed by atoms with van der Waals surface area (Å²) in [6, 6.07) is 0.632. The fourth-order valence-corrected chi connectivity index (χ4v) is 2.50. The maximum Gasteiger partial charge on any atom is 0.0595 e. The molecule has 72 valence electrons. The van der Waals surface area contributed by atoms with E-state index in [9.17, 15) is 5.11 Å². The number of aliphatic hydroxyl groups excluding tert-OH is 1. The molecular formula is C9H18ClNO. The second-order valence-corrected chi connectivity index (χ2v) is 3.86. The first-order chi connectivity index (χ1) is 5.38. The van der Waals surface area contributed by atoms with Gasteiger partial charge in [-0.05, 0) is 25.8 Å². The lowest BCUT2D eigenvalue weighted by Crippen LogP contribution is -2.49. The summed E-state index contributed by atoms with van der Waals surface area (Å²) in [5, 5.41) is 13.2. The zero-order chi connectivity index (χ0) is 7.68. The van der Waals surface area contributed by atoms with Gasteiger partial charge in [0.1, 0.15) is 0 Å². The van der Waals surface area contributed by atoms with Crippen LogP contribution in [0, 0.1) is 5.92 Å². The molecule has 3 atom stereocenters. The van der Waals surface area contributed by atoms with Crippen molar-refractivity contribution in [3.8, 4) is 0 Å². The predicted octanol–water partition coefficient (Wildman–Crippen LogP) is 1.32. The van der Waals surface area contributed by atoms with Crippen molar-refractivity contribution >= 4 is 12.4 Å². The normalized spacial score (nSPS) is 41.2. The molecule has 0 radical (unpaired) electrons. The maximum absolute atomic E-state index is 9.66. The van der Waals surface area contributed by atoms with Gasteiger partial charge < -0.3 is 10.4 Å². The Kier molecular flexibility index (Phi) is 3.81. The van der Waals surface area contributed by atoms with Crippen molar-refractivity contribution < 1.29 is 5.11 Å². The number of hydrogen-bond acceptors (Lipinski definition) is 2. The van der Waals surface area contributed by atoms with Crippen molar-refractivity contribution in [3.05, 3.63) is 0 Å². The summed E-state index contributed by atoms with van der Waals surface area (Å²) in [5.41, 5.74) is 0. The zero-order valence-corrected chi connectivity index (χ0v) is 8.15. The highest BCUT2D eigenvalue weighted by atomic mass is 35.5. The van der Waals surface area contributed by atoms with E-state index in [1.807, 2.05) is 0 Å². The topological polar surface area (TPSA) is 32.3 Å². The Balaban J connectivity index is 0.000000720. The summed E-state index contributed by atoms with van der Waals surface area (Å²) in [6.45, 7) is 1.02. The first kappa shape index (κ1) is 10.3. The van der Waals surface area contributed by atoms with Gasteiger partial charge in [-0.15, -0.1) is 12.4 Å². The fraction of sp³-hybridized carbons (Fsp3) is 1.00. The van der Waals surface area contributed by atoms with Crippen LogP contribution in [0.2, 0.25) is 0 Å². The molecule has 0 spiro atoms. The molecule has 1 heterocycles. The van der Waals surface area contributed by atoms with Crippen LogP contribution in [-0.2, 0) is 0 Å². The Morgan fingerprint density at radius 1 is 1.08 bits per heavy atom. The van der Waals surface area contributed by atoms with Crippen LogP contribution >= 0.6 is 12.4 Å². The molecule has 3 heteroatoms. The van der Waals surface area contributed by atoms with E-state index in [0.717, 1.165) is 13.0 Å². The molecule has 3 unspecified atom stereocenters. The van der Waals surface area contributed by atoms with Crippen LogP contribution in [0.3, 0.4) is 0 Å². The van der Waals surface area contributed by atoms with Crippen LogP contribution in [0.5, 0.6) is 0 Å². The van der Waals surface area contributed by atoms with Crippen molar-refractivity contribution in [1.82, 2.24) is 5.32 Å². The largest absolute Gasteiger partial charge is 0.393 e. The van der Waals surface area contributed by atoms with E-state index in [1.54, 1.807) is 0 Å². The third-order valence-corrected chi connectivity index (χ3v) is 3.16. The number of fused-ring (bicyclic) bond motifs is 1. The van der Waals surface area contributed by atoms with E-state index < -0.39 is 0 Å². The first-order valence-corrected chi connectivity index (χ1v) is 4.79. The highest BCUT2D eigenvalue weighted by Crippen LogP contribution is 2.30. The van der Waals surface area contributed by atoms with E-state index in [0.29, 0.717) is 12.0 Å². The Bertz CT molecular complexity index is 140. The third-order valence-electron chi connectivity index (χ3n) is 3.16. The molecule has 2 aliphatic rings. The summed E-state index contributed by atoms with van der Waals surface area (Å²) in [4.78, 5) is 0. The minimum Gasteiger partial charge on any atom is -0.393 e. The van der Waals surface area contributed by atoms with Crippen LogP contribution in [-0.4, -0.2) is 23.8 Å². The average Bonchev–Trinajstić information content (AvgIpc) is 2.06. The predicted molar refractivity (Wildman–Crippen MR) is 51.6 cm³/mol. The molecule has 2 rings (SSSR count). The molecule has 0 aromatic heterocycles. The van der Waals surface area contributed by atoms with E-state index >= 15 is 0 Å². The lowest BCUT2D eigenvalue weighted by atomic mass is 9.78. The molecule has 2 N–H and O–H groups in total. The molecule has 1 aliphatic carbocycles. The second-order valence-electron chi connectivity index (χ2n) is 3.86. The molecule has 0 aromatic carbocycles. The molecule has 0 amide bonds. The second kappa shape index (κ2) is 4.45. The summed E-state index contributed by atoms with van der Waals surface area (Å²) in [5.74, 6) is 0.567. The van der Waals surface area contributed by atoms with Gasteiger partial charge in [-0.1, -0.05) is 12.8 Å². The summed E-state index contributed by atoms with van der Waals surface area (Å²) >= 11 is 0. The van der Waals surface area contributed by atoms with Crippen LogP contribution in [0.1, 0.15) is 32.1 Å². The summed E-state index contributed by atoms with van der Waals surface area (Å²) < 4.78 is 0. The summed E-state index contributed by atoms with van der Waals surface area (Å²) in [6.07, 6.45) is 6.13. The van der Waals surface area contributed by atoms with E-state index in [-0.39, 0.29) is 18.5 Å². The Labute approximate surface area is 80.1 Å². The molecule has 0 bridgehead atoms. The number of piperidine rings is 1. The molecule has 1 saturated carbocycles. The SMILES string of the molecule is Cl.OC1CCNC2CCCCC12. The lowest BCUT2D eigenvalue weighted by Gasteiger charge is -2.39. The number of aliphatic hydroxyl groups is 1. The average molecular weight is 192 g/mol. The minimum atomic E-state index is -0.0125. The molecule has 2 nitrogen and oxygen atoms in total. The number of halogens is 1. The Morgan fingerprint density at radius 2 is 1.83 bits per heavy atom. The monoisotopic (exact) mass is 191 g/mol. The van der Waals surface area contributed by atoms with Crippen molar-refractivity contribution in [2.75, 3.05) is 6.54 Å². The Hall–Kier alpha value is 0.210. The molecule has 12 heavy (non-hydrogen) atoms. The van der Waals surface area contributed by atoms with Gasteiger partial charge in [0.15, 0.2) is 0 Å².